The molecule has 1 heterocycles. The van der Waals surface area contributed by atoms with Crippen molar-refractivity contribution in [1.29, 1.82) is 5.26 Å². The Labute approximate surface area is 115 Å². The summed E-state index contributed by atoms with van der Waals surface area (Å²) in [5.74, 6) is -1.29. The van der Waals surface area contributed by atoms with Gasteiger partial charge < -0.3 is 5.32 Å². The number of rotatable bonds is 3. The molecule has 0 aliphatic carbocycles. The molecule has 2 aromatic rings. The number of benzene rings is 1. The highest BCUT2D eigenvalue weighted by Crippen LogP contribution is 2.27. The molecule has 0 aliphatic heterocycles. The van der Waals surface area contributed by atoms with Gasteiger partial charge in [-0.05, 0) is 28.1 Å². The Kier molecular flexibility index (Phi) is 3.94. The largest absolute Gasteiger partial charge is 0.377 e. The van der Waals surface area contributed by atoms with Gasteiger partial charge in [-0.2, -0.15) is 5.26 Å². The van der Waals surface area contributed by atoms with E-state index in [0.29, 0.717) is 16.6 Å². The topological polar surface area (TPSA) is 35.8 Å². The summed E-state index contributed by atoms with van der Waals surface area (Å²) in [6, 6.07) is 5.77. The van der Waals surface area contributed by atoms with E-state index in [4.69, 9.17) is 5.26 Å². The van der Waals surface area contributed by atoms with Crippen LogP contribution in [-0.2, 0) is 6.54 Å². The fourth-order valence-corrected chi connectivity index (χ4v) is 2.72. The van der Waals surface area contributed by atoms with Crippen molar-refractivity contribution in [3.63, 3.8) is 0 Å². The van der Waals surface area contributed by atoms with E-state index < -0.39 is 11.6 Å². The first-order chi connectivity index (χ1) is 8.60. The molecule has 1 aromatic carbocycles. The molecule has 0 bridgehead atoms. The predicted molar refractivity (Wildman–Crippen MR) is 70.4 cm³/mol. The summed E-state index contributed by atoms with van der Waals surface area (Å²) in [7, 11) is 0. The molecule has 0 aliphatic rings. The van der Waals surface area contributed by atoms with Gasteiger partial charge in [0.15, 0.2) is 0 Å². The summed E-state index contributed by atoms with van der Waals surface area (Å²) in [5, 5.41) is 13.3. The maximum absolute atomic E-state index is 13.5. The molecule has 92 valence electrons. The smallest absolute Gasteiger partial charge is 0.150 e. The number of hydrogen-bond donors (Lipinski definition) is 1. The van der Waals surface area contributed by atoms with Crippen molar-refractivity contribution in [3.8, 4) is 6.07 Å². The van der Waals surface area contributed by atoms with Crippen LogP contribution in [0.5, 0.6) is 0 Å². The van der Waals surface area contributed by atoms with Crippen molar-refractivity contribution in [1.82, 2.24) is 0 Å². The van der Waals surface area contributed by atoms with Gasteiger partial charge in [0, 0.05) is 27.3 Å². The maximum Gasteiger partial charge on any atom is 0.150 e. The first kappa shape index (κ1) is 13.0. The summed E-state index contributed by atoms with van der Waals surface area (Å²) < 4.78 is 26.7. The van der Waals surface area contributed by atoms with Gasteiger partial charge in [-0.15, -0.1) is 11.3 Å². The fraction of sp³-hybridized carbons (Fsp3) is 0.0833. The highest BCUT2D eigenvalue weighted by atomic mass is 79.9. The minimum atomic E-state index is -0.654. The van der Waals surface area contributed by atoms with Gasteiger partial charge in [0.05, 0.1) is 11.3 Å². The van der Waals surface area contributed by atoms with Gasteiger partial charge in [0.2, 0.25) is 0 Å². The van der Waals surface area contributed by atoms with Crippen molar-refractivity contribution in [2.24, 2.45) is 0 Å². The van der Waals surface area contributed by atoms with E-state index in [9.17, 15) is 8.78 Å². The van der Waals surface area contributed by atoms with Crippen LogP contribution in [0.3, 0.4) is 0 Å². The molecule has 6 heteroatoms. The predicted octanol–water partition coefficient (Wildman–Crippen LogP) is 4.27. The van der Waals surface area contributed by atoms with Crippen LogP contribution in [0.15, 0.2) is 28.1 Å². The molecule has 0 fully saturated rings. The van der Waals surface area contributed by atoms with E-state index in [1.54, 1.807) is 11.4 Å². The van der Waals surface area contributed by atoms with E-state index in [2.05, 4.69) is 21.2 Å². The van der Waals surface area contributed by atoms with E-state index in [1.807, 2.05) is 6.07 Å². The zero-order chi connectivity index (χ0) is 13.1. The molecule has 0 atom stereocenters. The lowest BCUT2D eigenvalue weighted by molar-refractivity contribution is 0.583. The quantitative estimate of drug-likeness (QED) is 0.913. The van der Waals surface area contributed by atoms with Crippen LogP contribution in [0, 0.1) is 23.0 Å². The zero-order valence-corrected chi connectivity index (χ0v) is 11.4. The number of nitrogens with one attached hydrogen (secondary N) is 1. The van der Waals surface area contributed by atoms with Gasteiger partial charge in [0.1, 0.15) is 17.7 Å². The minimum Gasteiger partial charge on any atom is -0.377 e. The molecule has 0 amide bonds. The molecule has 18 heavy (non-hydrogen) atoms. The van der Waals surface area contributed by atoms with Crippen LogP contribution in [-0.4, -0.2) is 0 Å². The number of hydrogen-bond acceptors (Lipinski definition) is 3. The van der Waals surface area contributed by atoms with Gasteiger partial charge >= 0.3 is 0 Å². The third kappa shape index (κ3) is 2.86. The molecule has 0 saturated heterocycles. The average molecular weight is 329 g/mol. The van der Waals surface area contributed by atoms with Crippen molar-refractivity contribution in [2.75, 3.05) is 5.32 Å². The van der Waals surface area contributed by atoms with Crippen LogP contribution in [0.2, 0.25) is 0 Å². The van der Waals surface area contributed by atoms with Gasteiger partial charge in [-0.1, -0.05) is 0 Å². The van der Waals surface area contributed by atoms with Crippen molar-refractivity contribution >= 4 is 33.0 Å². The third-order valence-electron chi connectivity index (χ3n) is 2.23. The van der Waals surface area contributed by atoms with Gasteiger partial charge in [0.25, 0.3) is 0 Å². The lowest BCUT2D eigenvalue weighted by Gasteiger charge is -2.08. The Balaban J connectivity index is 2.13. The molecule has 0 radical (unpaired) electrons. The Hall–Kier alpha value is -1.45. The Bertz CT molecular complexity index is 596. The van der Waals surface area contributed by atoms with Crippen LogP contribution >= 0.6 is 27.3 Å². The number of anilines is 1. The second-order valence-corrected chi connectivity index (χ2v) is 5.36. The number of nitriles is 1. The molecule has 0 spiro atoms. The number of nitrogens with zero attached hydrogens (tertiary/aromatic N) is 1. The molecule has 2 rings (SSSR count). The third-order valence-corrected chi connectivity index (χ3v) is 3.79. The summed E-state index contributed by atoms with van der Waals surface area (Å²) in [5.41, 5.74) is 0.791. The second-order valence-electron chi connectivity index (χ2n) is 3.51. The SMILES string of the molecule is N#Cc1csc(CNc2c(F)cc(F)cc2Br)c1. The molecule has 0 unspecified atom stereocenters. The summed E-state index contributed by atoms with van der Waals surface area (Å²) in [4.78, 5) is 0.905. The van der Waals surface area contributed by atoms with E-state index >= 15 is 0 Å². The Morgan fingerprint density at radius 1 is 1.33 bits per heavy atom. The lowest BCUT2D eigenvalue weighted by atomic mass is 10.3. The van der Waals surface area contributed by atoms with E-state index in [-0.39, 0.29) is 5.69 Å². The maximum atomic E-state index is 13.5. The van der Waals surface area contributed by atoms with E-state index in [0.717, 1.165) is 10.9 Å². The van der Waals surface area contributed by atoms with E-state index in [1.165, 1.54) is 17.4 Å². The van der Waals surface area contributed by atoms with Crippen LogP contribution in [0.4, 0.5) is 14.5 Å². The monoisotopic (exact) mass is 328 g/mol. The molecule has 0 saturated carbocycles. The Morgan fingerprint density at radius 2 is 2.11 bits per heavy atom. The first-order valence-electron chi connectivity index (χ1n) is 4.96. The normalized spacial score (nSPS) is 10.1. The summed E-state index contributed by atoms with van der Waals surface area (Å²) in [6.07, 6.45) is 0. The van der Waals surface area contributed by atoms with Gasteiger partial charge in [-0.25, -0.2) is 8.78 Å². The minimum absolute atomic E-state index is 0.211. The van der Waals surface area contributed by atoms with Crippen molar-refractivity contribution in [2.45, 2.75) is 6.54 Å². The highest BCUT2D eigenvalue weighted by Gasteiger charge is 2.09. The van der Waals surface area contributed by atoms with Crippen molar-refractivity contribution < 1.29 is 8.78 Å². The molecule has 2 nitrogen and oxygen atoms in total. The molecule has 1 N–H and O–H groups in total. The highest BCUT2D eigenvalue weighted by molar-refractivity contribution is 9.10. The van der Waals surface area contributed by atoms with Crippen LogP contribution in [0.25, 0.3) is 0 Å². The molecule has 1 aromatic heterocycles. The van der Waals surface area contributed by atoms with Crippen molar-refractivity contribution in [3.05, 3.63) is 50.1 Å². The number of halogens is 3. The second kappa shape index (κ2) is 5.46. The van der Waals surface area contributed by atoms with Gasteiger partial charge in [-0.3, -0.25) is 0 Å². The standard InChI is InChI=1S/C12H7BrF2N2S/c13-10-2-8(14)3-11(15)12(10)17-5-9-1-7(4-16)6-18-9/h1-3,6,17H,5H2. The average Bonchev–Trinajstić information content (AvgIpc) is 2.75. The Morgan fingerprint density at radius 3 is 2.72 bits per heavy atom. The molecular formula is C12H7BrF2N2S. The number of thiophene rings is 1. The fourth-order valence-electron chi connectivity index (χ4n) is 1.42. The van der Waals surface area contributed by atoms with Crippen LogP contribution in [0.1, 0.15) is 10.4 Å². The zero-order valence-electron chi connectivity index (χ0n) is 9.01. The molecular weight excluding hydrogens is 322 g/mol. The lowest BCUT2D eigenvalue weighted by Crippen LogP contribution is -2.01. The van der Waals surface area contributed by atoms with Crippen LogP contribution < -0.4 is 5.32 Å². The first-order valence-corrected chi connectivity index (χ1v) is 6.63. The summed E-state index contributed by atoms with van der Waals surface area (Å²) in [6.45, 7) is 0.382. The summed E-state index contributed by atoms with van der Waals surface area (Å²) >= 11 is 4.51.